The van der Waals surface area contributed by atoms with E-state index in [0.29, 0.717) is 25.9 Å². The Kier molecular flexibility index (Phi) is 8.31. The largest absolute Gasteiger partial charge is 0.480 e. The van der Waals surface area contributed by atoms with Crippen molar-refractivity contribution in [3.63, 3.8) is 0 Å². The van der Waals surface area contributed by atoms with Crippen LogP contribution in [0.5, 0.6) is 0 Å². The van der Waals surface area contributed by atoms with E-state index in [4.69, 9.17) is 9.47 Å². The number of carbonyl (C=O) groups excluding carboxylic acids is 2. The average molecular weight is 468 g/mol. The van der Waals surface area contributed by atoms with Crippen molar-refractivity contribution in [2.24, 2.45) is 0 Å². The summed E-state index contributed by atoms with van der Waals surface area (Å²) in [7, 11) is 0. The number of esters is 1. The molecular formula is C27H33NO6. The predicted molar refractivity (Wildman–Crippen MR) is 129 cm³/mol. The summed E-state index contributed by atoms with van der Waals surface area (Å²) < 4.78 is 10.7. The fourth-order valence-electron chi connectivity index (χ4n) is 4.19. The number of benzene rings is 2. The molecule has 0 radical (unpaired) electrons. The quantitative estimate of drug-likeness (QED) is 0.365. The van der Waals surface area contributed by atoms with Crippen molar-refractivity contribution in [3.8, 4) is 11.1 Å². The van der Waals surface area contributed by atoms with Crippen molar-refractivity contribution in [2.45, 2.75) is 70.4 Å². The van der Waals surface area contributed by atoms with Crippen LogP contribution in [0.2, 0.25) is 0 Å². The minimum Gasteiger partial charge on any atom is -0.480 e. The third-order valence-corrected chi connectivity index (χ3v) is 5.74. The molecule has 2 N–H and O–H groups in total. The van der Waals surface area contributed by atoms with E-state index in [-0.39, 0.29) is 24.7 Å². The van der Waals surface area contributed by atoms with Gasteiger partial charge in [-0.2, -0.15) is 0 Å². The fourth-order valence-corrected chi connectivity index (χ4v) is 4.19. The van der Waals surface area contributed by atoms with E-state index in [2.05, 4.69) is 29.6 Å². The van der Waals surface area contributed by atoms with Crippen LogP contribution in [0.15, 0.2) is 48.5 Å². The topological polar surface area (TPSA) is 102 Å². The third-order valence-electron chi connectivity index (χ3n) is 5.74. The summed E-state index contributed by atoms with van der Waals surface area (Å²) in [5.41, 5.74) is 4.03. The smallest absolute Gasteiger partial charge is 0.408 e. The number of alkyl carbamates (subject to hydrolysis) is 1. The second-order valence-electron chi connectivity index (χ2n) is 9.55. The van der Waals surface area contributed by atoms with Gasteiger partial charge in [0.2, 0.25) is 0 Å². The summed E-state index contributed by atoms with van der Waals surface area (Å²) in [6, 6.07) is 15.4. The maximum absolute atomic E-state index is 12.3. The van der Waals surface area contributed by atoms with Gasteiger partial charge in [-0.25, -0.2) is 9.59 Å². The lowest BCUT2D eigenvalue weighted by Gasteiger charge is -2.22. The Morgan fingerprint density at radius 2 is 1.53 bits per heavy atom. The van der Waals surface area contributed by atoms with Crippen molar-refractivity contribution >= 4 is 18.0 Å². The fraction of sp³-hybridized carbons (Fsp3) is 0.444. The van der Waals surface area contributed by atoms with Crippen LogP contribution < -0.4 is 5.32 Å². The number of ether oxygens (including phenoxy) is 2. The highest BCUT2D eigenvalue weighted by molar-refractivity contribution is 5.80. The second kappa shape index (κ2) is 11.2. The molecule has 0 saturated carbocycles. The SMILES string of the molecule is CC(C)(C)OC(=O)N[C@@H](CCCCCC(=O)OCC1c2ccccc2-c2ccccc21)C(=O)O. The number of rotatable bonds is 10. The second-order valence-corrected chi connectivity index (χ2v) is 9.55. The molecule has 2 aromatic carbocycles. The first-order valence-electron chi connectivity index (χ1n) is 11.7. The van der Waals surface area contributed by atoms with Gasteiger partial charge in [0.1, 0.15) is 18.2 Å². The van der Waals surface area contributed by atoms with Crippen LogP contribution in [-0.2, 0) is 19.1 Å². The summed E-state index contributed by atoms with van der Waals surface area (Å²) in [6.45, 7) is 5.44. The van der Waals surface area contributed by atoms with Gasteiger partial charge in [-0.1, -0.05) is 61.4 Å². The van der Waals surface area contributed by atoms with Crippen molar-refractivity contribution in [2.75, 3.05) is 6.61 Å². The summed E-state index contributed by atoms with van der Waals surface area (Å²) in [6.07, 6.45) is 1.59. The van der Waals surface area contributed by atoms with E-state index in [1.165, 1.54) is 22.3 Å². The van der Waals surface area contributed by atoms with E-state index in [1.807, 2.05) is 24.3 Å². The van der Waals surface area contributed by atoms with Crippen molar-refractivity contribution in [3.05, 3.63) is 59.7 Å². The van der Waals surface area contributed by atoms with E-state index in [1.54, 1.807) is 20.8 Å². The lowest BCUT2D eigenvalue weighted by molar-refractivity contribution is -0.144. The molecule has 1 amide bonds. The van der Waals surface area contributed by atoms with Gasteiger partial charge in [0.25, 0.3) is 0 Å². The minimum absolute atomic E-state index is 0.0339. The predicted octanol–water partition coefficient (Wildman–Crippen LogP) is 5.27. The van der Waals surface area contributed by atoms with Gasteiger partial charge in [0.15, 0.2) is 0 Å². The molecular weight excluding hydrogens is 434 g/mol. The van der Waals surface area contributed by atoms with E-state index in [9.17, 15) is 19.5 Å². The summed E-state index contributed by atoms with van der Waals surface area (Å²) in [5, 5.41) is 11.7. The third kappa shape index (κ3) is 6.83. The van der Waals surface area contributed by atoms with E-state index >= 15 is 0 Å². The van der Waals surface area contributed by atoms with Gasteiger partial charge in [0, 0.05) is 12.3 Å². The standard InChI is InChI=1S/C27H33NO6/c1-27(2,3)34-26(32)28-23(25(30)31)15-5-4-6-16-24(29)33-17-22-20-13-9-7-11-18(20)19-12-8-10-14-21(19)22/h7-14,22-23H,4-6,15-17H2,1-3H3,(H,28,32)(H,30,31)/t23-/m0/s1. The Morgan fingerprint density at radius 3 is 2.09 bits per heavy atom. The molecule has 1 aliphatic carbocycles. The number of hydrogen-bond donors (Lipinski definition) is 2. The molecule has 34 heavy (non-hydrogen) atoms. The van der Waals surface area contributed by atoms with Crippen LogP contribution in [0.4, 0.5) is 4.79 Å². The molecule has 0 heterocycles. The summed E-state index contributed by atoms with van der Waals surface area (Å²) in [5.74, 6) is -1.34. The van der Waals surface area contributed by atoms with Gasteiger partial charge in [0.05, 0.1) is 0 Å². The Balaban J connectivity index is 1.40. The highest BCUT2D eigenvalue weighted by atomic mass is 16.6. The van der Waals surface area contributed by atoms with Crippen LogP contribution >= 0.6 is 0 Å². The highest BCUT2D eigenvalue weighted by Gasteiger charge is 2.29. The Morgan fingerprint density at radius 1 is 0.941 bits per heavy atom. The van der Waals surface area contributed by atoms with E-state index < -0.39 is 23.7 Å². The zero-order chi connectivity index (χ0) is 24.7. The number of nitrogens with one attached hydrogen (secondary N) is 1. The van der Waals surface area contributed by atoms with Crippen LogP contribution in [-0.4, -0.2) is 41.4 Å². The van der Waals surface area contributed by atoms with Gasteiger partial charge in [-0.05, 0) is 55.9 Å². The van der Waals surface area contributed by atoms with Crippen molar-refractivity contribution < 1.29 is 29.0 Å². The molecule has 0 aromatic heterocycles. The number of amides is 1. The number of aliphatic carboxylic acids is 1. The molecule has 1 aliphatic rings. The lowest BCUT2D eigenvalue weighted by atomic mass is 9.98. The normalized spacial score (nSPS) is 13.5. The molecule has 0 aliphatic heterocycles. The van der Waals surface area contributed by atoms with Crippen LogP contribution in [0.1, 0.15) is 69.9 Å². The number of unbranched alkanes of at least 4 members (excludes halogenated alkanes) is 2. The Hall–Kier alpha value is -3.35. The molecule has 7 nitrogen and oxygen atoms in total. The molecule has 0 spiro atoms. The van der Waals surface area contributed by atoms with Crippen molar-refractivity contribution in [1.29, 1.82) is 0 Å². The number of hydrogen-bond acceptors (Lipinski definition) is 5. The highest BCUT2D eigenvalue weighted by Crippen LogP contribution is 2.44. The van der Waals surface area contributed by atoms with Gasteiger partial charge < -0.3 is 19.9 Å². The summed E-state index contributed by atoms with van der Waals surface area (Å²) in [4.78, 5) is 35.6. The van der Waals surface area contributed by atoms with Crippen LogP contribution in [0.3, 0.4) is 0 Å². The molecule has 182 valence electrons. The maximum atomic E-state index is 12.3. The first kappa shape index (κ1) is 25.3. The van der Waals surface area contributed by atoms with Crippen LogP contribution in [0, 0.1) is 0 Å². The molecule has 3 rings (SSSR count). The zero-order valence-corrected chi connectivity index (χ0v) is 20.0. The summed E-state index contributed by atoms with van der Waals surface area (Å²) >= 11 is 0. The number of carboxylic acids is 1. The molecule has 2 aromatic rings. The molecule has 0 fully saturated rings. The molecule has 0 bridgehead atoms. The van der Waals surface area contributed by atoms with Gasteiger partial charge >= 0.3 is 18.0 Å². The number of carbonyl (C=O) groups is 3. The zero-order valence-electron chi connectivity index (χ0n) is 20.0. The first-order valence-corrected chi connectivity index (χ1v) is 11.7. The number of carboxylic acid groups (broad SMARTS) is 1. The molecule has 0 saturated heterocycles. The lowest BCUT2D eigenvalue weighted by Crippen LogP contribution is -2.43. The van der Waals surface area contributed by atoms with Gasteiger partial charge in [-0.15, -0.1) is 0 Å². The average Bonchev–Trinajstić information content (AvgIpc) is 3.09. The monoisotopic (exact) mass is 467 g/mol. The maximum Gasteiger partial charge on any atom is 0.408 e. The first-order chi connectivity index (χ1) is 16.2. The van der Waals surface area contributed by atoms with E-state index in [0.717, 1.165) is 0 Å². The molecule has 7 heteroatoms. The molecule has 1 atom stereocenters. The Labute approximate surface area is 200 Å². The Bertz CT molecular complexity index is 980. The molecule has 0 unspecified atom stereocenters. The van der Waals surface area contributed by atoms with Crippen LogP contribution in [0.25, 0.3) is 11.1 Å². The van der Waals surface area contributed by atoms with Gasteiger partial charge in [-0.3, -0.25) is 4.79 Å². The minimum atomic E-state index is -1.11. The van der Waals surface area contributed by atoms with Crippen molar-refractivity contribution in [1.82, 2.24) is 5.32 Å². The number of fused-ring (bicyclic) bond motifs is 3.